The number of anilines is 1. The fourth-order valence-corrected chi connectivity index (χ4v) is 7.09. The van der Waals surface area contributed by atoms with Crippen molar-refractivity contribution in [3.8, 4) is 22.6 Å². The van der Waals surface area contributed by atoms with E-state index in [1.165, 1.54) is 18.4 Å². The normalized spacial score (nSPS) is 17.4. The number of hydrogen-bond acceptors (Lipinski definition) is 6. The molecule has 2 atom stereocenters. The van der Waals surface area contributed by atoms with Crippen LogP contribution in [0.15, 0.2) is 48.5 Å². The van der Waals surface area contributed by atoms with Gasteiger partial charge in [-0.15, -0.1) is 0 Å². The third-order valence-corrected chi connectivity index (χ3v) is 9.32. The fourth-order valence-electron chi connectivity index (χ4n) is 6.45. The number of ether oxygens (including phenoxy) is 2. The number of aliphatic carboxylic acids is 1. The lowest BCUT2D eigenvalue weighted by Gasteiger charge is -2.31. The van der Waals surface area contributed by atoms with Gasteiger partial charge in [-0.2, -0.15) is 13.2 Å². The molecule has 0 radical (unpaired) electrons. The molecule has 1 heterocycles. The molecule has 8 nitrogen and oxygen atoms in total. The number of halogens is 3. The largest absolute Gasteiger partial charge is 0.494 e. The standard InChI is InChI=1S/C33H34F3NO7S/c1-19-14-23(43-12-5-13-45(3,41)42)15-20(2)31(19)27-7-4-6-26-25(27)10-11-28(26)37(32(40)33(34,35)36)22-8-9-24-21(16-30(38)39)18-44-29(24)17-22/h4,6-9,14-15,17,21,28H,5,10-13,16,18H2,1-3H3,(H,38,39)/t21-,28?/m1/s1. The van der Waals surface area contributed by atoms with E-state index in [4.69, 9.17) is 9.47 Å². The Morgan fingerprint density at radius 1 is 1.07 bits per heavy atom. The van der Waals surface area contributed by atoms with Crippen LogP contribution >= 0.6 is 0 Å². The number of benzene rings is 3. The molecule has 3 aromatic rings. The van der Waals surface area contributed by atoms with E-state index < -0.39 is 39.8 Å². The number of fused-ring (bicyclic) bond motifs is 2. The molecular formula is C33H34F3NO7S. The molecule has 1 aliphatic carbocycles. The third-order valence-electron chi connectivity index (χ3n) is 8.29. The minimum atomic E-state index is -5.13. The molecule has 45 heavy (non-hydrogen) atoms. The summed E-state index contributed by atoms with van der Waals surface area (Å²) in [4.78, 5) is 25.0. The number of nitrogens with zero attached hydrogens (tertiary/aromatic N) is 1. The van der Waals surface area contributed by atoms with Crippen molar-refractivity contribution in [2.75, 3.05) is 30.1 Å². The van der Waals surface area contributed by atoms with E-state index in [2.05, 4.69) is 0 Å². The predicted octanol–water partition coefficient (Wildman–Crippen LogP) is 6.32. The van der Waals surface area contributed by atoms with Gasteiger partial charge in [-0.25, -0.2) is 8.42 Å². The van der Waals surface area contributed by atoms with Crippen LogP contribution in [0.4, 0.5) is 18.9 Å². The molecule has 0 fully saturated rings. The van der Waals surface area contributed by atoms with Crippen LogP contribution in [0, 0.1) is 13.8 Å². The fraction of sp³-hybridized carbons (Fsp3) is 0.394. The van der Waals surface area contributed by atoms with Gasteiger partial charge in [0.25, 0.3) is 0 Å². The Morgan fingerprint density at radius 2 is 1.78 bits per heavy atom. The number of carboxylic acids is 1. The number of hydrogen-bond donors (Lipinski definition) is 1. The molecule has 1 aliphatic heterocycles. The number of amides is 1. The van der Waals surface area contributed by atoms with E-state index in [9.17, 15) is 36.3 Å². The summed E-state index contributed by atoms with van der Waals surface area (Å²) < 4.78 is 76.3. The van der Waals surface area contributed by atoms with Crippen molar-refractivity contribution < 1.29 is 45.8 Å². The Hall–Kier alpha value is -4.06. The molecular weight excluding hydrogens is 611 g/mol. The number of aryl methyl sites for hydroxylation is 2. The second kappa shape index (κ2) is 12.4. The van der Waals surface area contributed by atoms with Gasteiger partial charge >= 0.3 is 18.1 Å². The van der Waals surface area contributed by atoms with Crippen LogP contribution in [-0.2, 0) is 25.8 Å². The Kier molecular flexibility index (Phi) is 8.90. The van der Waals surface area contributed by atoms with Gasteiger partial charge in [0.1, 0.15) is 21.3 Å². The van der Waals surface area contributed by atoms with Crippen LogP contribution in [0.3, 0.4) is 0 Å². The van der Waals surface area contributed by atoms with Crippen molar-refractivity contribution in [1.29, 1.82) is 0 Å². The maximum absolute atomic E-state index is 14.0. The smallest absolute Gasteiger partial charge is 0.471 e. The number of carbonyl (C=O) groups is 2. The lowest BCUT2D eigenvalue weighted by atomic mass is 9.90. The van der Waals surface area contributed by atoms with Crippen molar-refractivity contribution in [2.45, 2.75) is 57.7 Å². The summed E-state index contributed by atoms with van der Waals surface area (Å²) in [5, 5.41) is 9.20. The van der Waals surface area contributed by atoms with Gasteiger partial charge < -0.3 is 14.6 Å². The zero-order chi connectivity index (χ0) is 32.7. The number of carboxylic acid groups (broad SMARTS) is 1. The monoisotopic (exact) mass is 645 g/mol. The molecule has 1 unspecified atom stereocenters. The molecule has 2 aliphatic rings. The lowest BCUT2D eigenvalue weighted by Crippen LogP contribution is -2.43. The highest BCUT2D eigenvalue weighted by molar-refractivity contribution is 7.90. The van der Waals surface area contributed by atoms with Crippen molar-refractivity contribution in [1.82, 2.24) is 0 Å². The summed E-state index contributed by atoms with van der Waals surface area (Å²) >= 11 is 0. The third kappa shape index (κ3) is 6.95. The van der Waals surface area contributed by atoms with Gasteiger partial charge in [0.2, 0.25) is 0 Å². The number of carbonyl (C=O) groups excluding carboxylic acids is 1. The maximum atomic E-state index is 14.0. The highest BCUT2D eigenvalue weighted by Crippen LogP contribution is 2.47. The summed E-state index contributed by atoms with van der Waals surface area (Å²) in [7, 11) is -3.09. The SMILES string of the molecule is Cc1cc(OCCCS(C)(=O)=O)cc(C)c1-c1cccc2c1CCC2N(C(=O)C(F)(F)F)c1ccc2c(c1)OC[C@H]2CC(=O)O. The Morgan fingerprint density at radius 3 is 2.42 bits per heavy atom. The molecule has 240 valence electrons. The first-order valence-corrected chi connectivity index (χ1v) is 16.6. The van der Waals surface area contributed by atoms with Gasteiger partial charge in [0, 0.05) is 29.5 Å². The summed E-state index contributed by atoms with van der Waals surface area (Å²) in [6.45, 7) is 4.17. The number of rotatable bonds is 10. The van der Waals surface area contributed by atoms with E-state index in [-0.39, 0.29) is 43.2 Å². The molecule has 1 N–H and O–H groups in total. The van der Waals surface area contributed by atoms with Gasteiger partial charge in [-0.3, -0.25) is 14.5 Å². The van der Waals surface area contributed by atoms with Crippen LogP contribution in [-0.4, -0.2) is 56.8 Å². The molecule has 0 aromatic heterocycles. The summed E-state index contributed by atoms with van der Waals surface area (Å²) in [6, 6.07) is 12.6. The second-order valence-electron chi connectivity index (χ2n) is 11.7. The Labute approximate surface area is 259 Å². The first-order chi connectivity index (χ1) is 21.1. The van der Waals surface area contributed by atoms with Crippen molar-refractivity contribution in [2.24, 2.45) is 0 Å². The van der Waals surface area contributed by atoms with E-state index in [0.29, 0.717) is 29.7 Å². The quantitative estimate of drug-likeness (QED) is 0.257. The topological polar surface area (TPSA) is 110 Å². The summed E-state index contributed by atoms with van der Waals surface area (Å²) in [6.07, 6.45) is -3.05. The average Bonchev–Trinajstić information content (AvgIpc) is 3.54. The van der Waals surface area contributed by atoms with Crippen LogP contribution < -0.4 is 14.4 Å². The van der Waals surface area contributed by atoms with Gasteiger partial charge in [0.05, 0.1) is 31.4 Å². The number of alkyl halides is 3. The predicted molar refractivity (Wildman–Crippen MR) is 163 cm³/mol. The summed E-state index contributed by atoms with van der Waals surface area (Å²) in [5.74, 6) is -2.53. The zero-order valence-corrected chi connectivity index (χ0v) is 25.9. The van der Waals surface area contributed by atoms with E-state index in [1.807, 2.05) is 32.0 Å². The molecule has 12 heteroatoms. The van der Waals surface area contributed by atoms with Crippen molar-refractivity contribution in [3.05, 3.63) is 76.3 Å². The molecule has 5 rings (SSSR count). The minimum absolute atomic E-state index is 0.0257. The Balaban J connectivity index is 1.48. The average molecular weight is 646 g/mol. The first-order valence-electron chi connectivity index (χ1n) is 14.6. The van der Waals surface area contributed by atoms with Crippen molar-refractivity contribution in [3.63, 3.8) is 0 Å². The van der Waals surface area contributed by atoms with E-state index in [0.717, 1.165) is 32.7 Å². The summed E-state index contributed by atoms with van der Waals surface area (Å²) in [5.41, 5.74) is 5.65. The minimum Gasteiger partial charge on any atom is -0.494 e. The highest BCUT2D eigenvalue weighted by atomic mass is 32.2. The highest BCUT2D eigenvalue weighted by Gasteiger charge is 2.47. The molecule has 3 aromatic carbocycles. The molecule has 0 saturated heterocycles. The van der Waals surface area contributed by atoms with Crippen LogP contribution in [0.5, 0.6) is 11.5 Å². The first kappa shape index (κ1) is 32.3. The Bertz CT molecular complexity index is 1730. The van der Waals surface area contributed by atoms with E-state index in [1.54, 1.807) is 18.2 Å². The van der Waals surface area contributed by atoms with E-state index >= 15 is 0 Å². The van der Waals surface area contributed by atoms with Gasteiger partial charge in [-0.1, -0.05) is 24.3 Å². The van der Waals surface area contributed by atoms with Crippen molar-refractivity contribution >= 4 is 27.4 Å². The van der Waals surface area contributed by atoms with Crippen LogP contribution in [0.2, 0.25) is 0 Å². The molecule has 0 saturated carbocycles. The zero-order valence-electron chi connectivity index (χ0n) is 25.1. The van der Waals surface area contributed by atoms with Gasteiger partial charge in [-0.05, 0) is 84.7 Å². The molecule has 0 bridgehead atoms. The van der Waals surface area contributed by atoms with Crippen LogP contribution in [0.25, 0.3) is 11.1 Å². The molecule has 0 spiro atoms. The lowest BCUT2D eigenvalue weighted by molar-refractivity contribution is -0.171. The second-order valence-corrected chi connectivity index (χ2v) is 14.0. The van der Waals surface area contributed by atoms with Crippen LogP contribution in [0.1, 0.15) is 59.0 Å². The maximum Gasteiger partial charge on any atom is 0.471 e. The van der Waals surface area contributed by atoms with Gasteiger partial charge in [0.15, 0.2) is 0 Å². The molecule has 1 amide bonds. The number of sulfone groups is 1.